The Kier molecular flexibility index (Phi) is 3.19. The van der Waals surface area contributed by atoms with E-state index in [1.54, 1.807) is 18.2 Å². The second-order valence-electron chi connectivity index (χ2n) is 4.37. The zero-order valence-electron chi connectivity index (χ0n) is 9.37. The van der Waals surface area contributed by atoms with E-state index >= 15 is 0 Å². The van der Waals surface area contributed by atoms with Crippen LogP contribution in [0.4, 0.5) is 18.9 Å². The third-order valence-electron chi connectivity index (χ3n) is 3.06. The van der Waals surface area contributed by atoms with Crippen molar-refractivity contribution in [1.29, 1.82) is 0 Å². The number of hydrogen-bond donors (Lipinski definition) is 2. The number of benzene rings is 1. The van der Waals surface area contributed by atoms with E-state index in [4.69, 9.17) is 5.11 Å². The molecule has 1 aliphatic heterocycles. The molecule has 0 amide bonds. The Hall–Kier alpha value is -1.72. The van der Waals surface area contributed by atoms with Gasteiger partial charge in [-0.3, -0.25) is 4.79 Å². The quantitative estimate of drug-likeness (QED) is 0.877. The molecule has 0 fully saturated rings. The molecule has 2 atom stereocenters. The standard InChI is InChI=1S/C12H12F3NO2/c13-12(14,15)9(11(17)18)6-8-5-7-3-1-2-4-10(7)16-8/h1-4,8-9,16H,5-6H2,(H,17,18)/t8-,9+/m0/s1. The van der Waals surface area contributed by atoms with E-state index in [0.717, 1.165) is 11.3 Å². The number of carboxylic acids is 1. The molecule has 18 heavy (non-hydrogen) atoms. The van der Waals surface area contributed by atoms with E-state index in [2.05, 4.69) is 5.32 Å². The molecule has 1 aliphatic rings. The van der Waals surface area contributed by atoms with E-state index in [-0.39, 0.29) is 0 Å². The average molecular weight is 259 g/mol. The van der Waals surface area contributed by atoms with Crippen LogP contribution in [0.3, 0.4) is 0 Å². The van der Waals surface area contributed by atoms with Crippen molar-refractivity contribution in [3.05, 3.63) is 29.8 Å². The number of nitrogens with one attached hydrogen (secondary N) is 1. The smallest absolute Gasteiger partial charge is 0.402 e. The summed E-state index contributed by atoms with van der Waals surface area (Å²) in [6.07, 6.45) is -4.73. The Balaban J connectivity index is 2.06. The van der Waals surface area contributed by atoms with E-state index in [0.29, 0.717) is 6.42 Å². The molecule has 98 valence electrons. The van der Waals surface area contributed by atoms with Crippen LogP contribution < -0.4 is 5.32 Å². The van der Waals surface area contributed by atoms with Gasteiger partial charge in [-0.25, -0.2) is 0 Å². The van der Waals surface area contributed by atoms with Crippen LogP contribution in [-0.4, -0.2) is 23.3 Å². The van der Waals surface area contributed by atoms with Gasteiger partial charge in [0.25, 0.3) is 0 Å². The topological polar surface area (TPSA) is 49.3 Å². The van der Waals surface area contributed by atoms with Crippen molar-refractivity contribution >= 4 is 11.7 Å². The number of alkyl halides is 3. The Morgan fingerprint density at radius 3 is 2.67 bits per heavy atom. The molecule has 2 N–H and O–H groups in total. The molecule has 1 aromatic carbocycles. The number of carboxylic acid groups (broad SMARTS) is 1. The van der Waals surface area contributed by atoms with E-state index < -0.39 is 30.5 Å². The van der Waals surface area contributed by atoms with Crippen LogP contribution in [0.1, 0.15) is 12.0 Å². The van der Waals surface area contributed by atoms with Crippen molar-refractivity contribution in [2.24, 2.45) is 5.92 Å². The van der Waals surface area contributed by atoms with Gasteiger partial charge in [-0.2, -0.15) is 13.2 Å². The lowest BCUT2D eigenvalue weighted by Gasteiger charge is -2.20. The highest BCUT2D eigenvalue weighted by Crippen LogP contribution is 2.34. The van der Waals surface area contributed by atoms with Gasteiger partial charge in [-0.05, 0) is 24.5 Å². The molecule has 3 nitrogen and oxygen atoms in total. The SMILES string of the molecule is O=C(O)[C@@H](C[C@@H]1Cc2ccccc2N1)C(F)(F)F. The number of hydrogen-bond acceptors (Lipinski definition) is 2. The van der Waals surface area contributed by atoms with Crippen LogP contribution in [-0.2, 0) is 11.2 Å². The predicted molar refractivity (Wildman–Crippen MR) is 59.4 cm³/mol. The Morgan fingerprint density at radius 2 is 2.11 bits per heavy atom. The Labute approximate surface area is 102 Å². The number of carbonyl (C=O) groups is 1. The van der Waals surface area contributed by atoms with Gasteiger partial charge in [0.1, 0.15) is 0 Å². The molecule has 0 saturated carbocycles. The Bertz CT molecular complexity index is 434. The first-order chi connectivity index (χ1) is 8.38. The first-order valence-electron chi connectivity index (χ1n) is 5.52. The maximum absolute atomic E-state index is 12.5. The molecule has 0 aliphatic carbocycles. The monoisotopic (exact) mass is 259 g/mol. The van der Waals surface area contributed by atoms with Gasteiger partial charge in [0, 0.05) is 11.7 Å². The number of aliphatic carboxylic acids is 1. The van der Waals surface area contributed by atoms with Gasteiger partial charge in [0.15, 0.2) is 5.92 Å². The molecule has 0 bridgehead atoms. The first kappa shape index (κ1) is 12.7. The summed E-state index contributed by atoms with van der Waals surface area (Å²) in [4.78, 5) is 10.7. The number of anilines is 1. The lowest BCUT2D eigenvalue weighted by atomic mass is 9.97. The van der Waals surface area contributed by atoms with Crippen molar-refractivity contribution in [2.75, 3.05) is 5.32 Å². The van der Waals surface area contributed by atoms with Crippen LogP contribution in [0.2, 0.25) is 0 Å². The van der Waals surface area contributed by atoms with Gasteiger partial charge >= 0.3 is 12.1 Å². The number of halogens is 3. The zero-order valence-corrected chi connectivity index (χ0v) is 9.37. The largest absolute Gasteiger partial charge is 0.481 e. The minimum Gasteiger partial charge on any atom is -0.481 e. The molecule has 0 radical (unpaired) electrons. The highest BCUT2D eigenvalue weighted by Gasteiger charge is 2.46. The predicted octanol–water partition coefficient (Wildman–Crippen LogP) is 2.68. The summed E-state index contributed by atoms with van der Waals surface area (Å²) in [6, 6.07) is 6.71. The number of para-hydroxylation sites is 1. The fraction of sp³-hybridized carbons (Fsp3) is 0.417. The summed E-state index contributed by atoms with van der Waals surface area (Å²) in [5.74, 6) is -4.13. The van der Waals surface area contributed by atoms with Gasteiger partial charge in [-0.1, -0.05) is 18.2 Å². The van der Waals surface area contributed by atoms with E-state index in [9.17, 15) is 18.0 Å². The summed E-state index contributed by atoms with van der Waals surface area (Å²) in [5, 5.41) is 11.6. The van der Waals surface area contributed by atoms with Crippen LogP contribution >= 0.6 is 0 Å². The lowest BCUT2D eigenvalue weighted by molar-refractivity contribution is -0.195. The molecule has 0 unspecified atom stereocenters. The van der Waals surface area contributed by atoms with Crippen molar-refractivity contribution in [1.82, 2.24) is 0 Å². The van der Waals surface area contributed by atoms with Gasteiger partial charge in [0.05, 0.1) is 0 Å². The average Bonchev–Trinajstić information content (AvgIpc) is 2.66. The maximum Gasteiger partial charge on any atom is 0.402 e. The van der Waals surface area contributed by atoms with Crippen molar-refractivity contribution in [3.63, 3.8) is 0 Å². The normalized spacial score (nSPS) is 20.1. The number of fused-ring (bicyclic) bond motifs is 1. The van der Waals surface area contributed by atoms with Gasteiger partial charge in [-0.15, -0.1) is 0 Å². The van der Waals surface area contributed by atoms with Crippen LogP contribution in [0, 0.1) is 5.92 Å². The summed E-state index contributed by atoms with van der Waals surface area (Å²) < 4.78 is 37.6. The van der Waals surface area contributed by atoms with E-state index in [1.165, 1.54) is 0 Å². The third kappa shape index (κ3) is 2.57. The highest BCUT2D eigenvalue weighted by molar-refractivity contribution is 5.71. The van der Waals surface area contributed by atoms with Crippen LogP contribution in [0.25, 0.3) is 0 Å². The number of rotatable bonds is 3. The summed E-state index contributed by atoms with van der Waals surface area (Å²) in [5.41, 5.74) is 1.71. The molecule has 0 aromatic heterocycles. The van der Waals surface area contributed by atoms with Crippen LogP contribution in [0.15, 0.2) is 24.3 Å². The van der Waals surface area contributed by atoms with Gasteiger partial charge < -0.3 is 10.4 Å². The fourth-order valence-electron chi connectivity index (χ4n) is 2.18. The third-order valence-corrected chi connectivity index (χ3v) is 3.06. The molecular weight excluding hydrogens is 247 g/mol. The molecule has 0 spiro atoms. The van der Waals surface area contributed by atoms with Crippen molar-refractivity contribution in [2.45, 2.75) is 25.1 Å². The Morgan fingerprint density at radius 1 is 1.44 bits per heavy atom. The zero-order chi connectivity index (χ0) is 13.3. The molecule has 1 heterocycles. The van der Waals surface area contributed by atoms with Crippen LogP contribution in [0.5, 0.6) is 0 Å². The fourth-order valence-corrected chi connectivity index (χ4v) is 2.18. The van der Waals surface area contributed by atoms with Gasteiger partial charge in [0.2, 0.25) is 0 Å². The summed E-state index contributed by atoms with van der Waals surface area (Å²) in [6.45, 7) is 0. The molecule has 1 aromatic rings. The second kappa shape index (κ2) is 4.51. The second-order valence-corrected chi connectivity index (χ2v) is 4.37. The molecule has 0 saturated heterocycles. The van der Waals surface area contributed by atoms with E-state index in [1.807, 2.05) is 6.07 Å². The molecule has 2 rings (SSSR count). The highest BCUT2D eigenvalue weighted by atomic mass is 19.4. The molecule has 6 heteroatoms. The van der Waals surface area contributed by atoms with Crippen molar-refractivity contribution in [3.8, 4) is 0 Å². The summed E-state index contributed by atoms with van der Waals surface area (Å²) >= 11 is 0. The maximum atomic E-state index is 12.5. The minimum atomic E-state index is -4.71. The summed E-state index contributed by atoms with van der Waals surface area (Å²) in [7, 11) is 0. The first-order valence-corrected chi connectivity index (χ1v) is 5.52. The lowest BCUT2D eigenvalue weighted by Crippen LogP contribution is -2.35. The van der Waals surface area contributed by atoms with Crippen molar-refractivity contribution < 1.29 is 23.1 Å². The molecular formula is C12H12F3NO2. The minimum absolute atomic E-state index is 0.427.